The second-order valence-corrected chi connectivity index (χ2v) is 6.73. The van der Waals surface area contributed by atoms with Crippen LogP contribution in [0, 0.1) is 0 Å². The molecule has 0 aliphatic carbocycles. The maximum atomic E-state index is 12.1. The molecule has 10 heteroatoms. The zero-order valence-electron chi connectivity index (χ0n) is 15.9. The van der Waals surface area contributed by atoms with Crippen molar-refractivity contribution in [1.82, 2.24) is 10.6 Å². The molecule has 1 heterocycles. The molecule has 3 amide bonds. The van der Waals surface area contributed by atoms with E-state index < -0.39 is 30.4 Å². The number of ether oxygens (including phenoxy) is 2. The maximum absolute atomic E-state index is 12.1. The smallest absolute Gasteiger partial charge is 0.326 e. The first-order valence-electron chi connectivity index (χ1n) is 8.62. The largest absolute Gasteiger partial charge is 0.497 e. The third-order valence-corrected chi connectivity index (χ3v) is 4.49. The SMILES string of the molecule is COc1ccc(NC(=O)[C@@H](C)OC(=O)CNC(=O)CNC(=O)c2cccs2)cc1. The van der Waals surface area contributed by atoms with Crippen molar-refractivity contribution < 1.29 is 28.7 Å². The number of carbonyl (C=O) groups is 4. The molecule has 0 saturated carbocycles. The van der Waals surface area contributed by atoms with Gasteiger partial charge in [0, 0.05) is 5.69 Å². The van der Waals surface area contributed by atoms with E-state index in [0.29, 0.717) is 16.3 Å². The van der Waals surface area contributed by atoms with Crippen LogP contribution < -0.4 is 20.7 Å². The Morgan fingerprint density at radius 2 is 1.76 bits per heavy atom. The molecule has 9 nitrogen and oxygen atoms in total. The zero-order chi connectivity index (χ0) is 21.2. The molecule has 0 unspecified atom stereocenters. The summed E-state index contributed by atoms with van der Waals surface area (Å²) in [5, 5.41) is 9.11. The molecule has 0 aliphatic rings. The van der Waals surface area contributed by atoms with Crippen LogP contribution in [-0.4, -0.2) is 50.0 Å². The van der Waals surface area contributed by atoms with Gasteiger partial charge in [0.2, 0.25) is 5.91 Å². The average Bonchev–Trinajstić information content (AvgIpc) is 3.26. The van der Waals surface area contributed by atoms with Crippen LogP contribution in [0.2, 0.25) is 0 Å². The molecule has 0 aliphatic heterocycles. The van der Waals surface area contributed by atoms with Crippen LogP contribution in [0.4, 0.5) is 5.69 Å². The highest BCUT2D eigenvalue weighted by Gasteiger charge is 2.18. The van der Waals surface area contributed by atoms with Crippen LogP contribution >= 0.6 is 11.3 Å². The van der Waals surface area contributed by atoms with Gasteiger partial charge in [0.1, 0.15) is 12.3 Å². The summed E-state index contributed by atoms with van der Waals surface area (Å²) in [4.78, 5) is 47.8. The Balaban J connectivity index is 1.68. The van der Waals surface area contributed by atoms with Gasteiger partial charge in [-0.3, -0.25) is 19.2 Å². The topological polar surface area (TPSA) is 123 Å². The normalized spacial score (nSPS) is 11.1. The van der Waals surface area contributed by atoms with E-state index in [9.17, 15) is 19.2 Å². The Kier molecular flexibility index (Phi) is 8.16. The van der Waals surface area contributed by atoms with Gasteiger partial charge in [-0.25, -0.2) is 0 Å². The molecule has 1 atom stereocenters. The summed E-state index contributed by atoms with van der Waals surface area (Å²) in [6, 6.07) is 10.0. The van der Waals surface area contributed by atoms with Gasteiger partial charge in [-0.2, -0.15) is 0 Å². The number of hydrogen-bond donors (Lipinski definition) is 3. The summed E-state index contributed by atoms with van der Waals surface area (Å²) in [7, 11) is 1.53. The van der Waals surface area contributed by atoms with Crippen molar-refractivity contribution in [3.8, 4) is 5.75 Å². The van der Waals surface area contributed by atoms with E-state index in [0.717, 1.165) is 0 Å². The van der Waals surface area contributed by atoms with Crippen molar-refractivity contribution in [2.75, 3.05) is 25.5 Å². The Morgan fingerprint density at radius 1 is 1.03 bits per heavy atom. The van der Waals surface area contributed by atoms with Crippen molar-refractivity contribution in [3.63, 3.8) is 0 Å². The first kappa shape index (κ1) is 21.9. The van der Waals surface area contributed by atoms with E-state index in [4.69, 9.17) is 9.47 Å². The van der Waals surface area contributed by atoms with Gasteiger partial charge in [0.05, 0.1) is 18.5 Å². The van der Waals surface area contributed by atoms with E-state index in [1.165, 1.54) is 25.4 Å². The number of rotatable bonds is 9. The van der Waals surface area contributed by atoms with E-state index in [-0.39, 0.29) is 12.5 Å². The van der Waals surface area contributed by atoms with Gasteiger partial charge >= 0.3 is 5.97 Å². The van der Waals surface area contributed by atoms with Gasteiger partial charge in [-0.1, -0.05) is 6.07 Å². The van der Waals surface area contributed by atoms with Crippen molar-refractivity contribution >= 4 is 40.7 Å². The quantitative estimate of drug-likeness (QED) is 0.525. The van der Waals surface area contributed by atoms with Crippen LogP contribution in [-0.2, 0) is 19.1 Å². The van der Waals surface area contributed by atoms with Crippen molar-refractivity contribution in [2.24, 2.45) is 0 Å². The summed E-state index contributed by atoms with van der Waals surface area (Å²) >= 11 is 1.25. The Hall–Kier alpha value is -3.40. The summed E-state index contributed by atoms with van der Waals surface area (Å²) < 4.78 is 10.0. The minimum Gasteiger partial charge on any atom is -0.497 e. The van der Waals surface area contributed by atoms with E-state index in [1.54, 1.807) is 41.8 Å². The molecule has 0 bridgehead atoms. The minimum absolute atomic E-state index is 0.280. The van der Waals surface area contributed by atoms with Gasteiger partial charge in [-0.05, 0) is 42.6 Å². The van der Waals surface area contributed by atoms with E-state index >= 15 is 0 Å². The van der Waals surface area contributed by atoms with E-state index in [1.807, 2.05) is 0 Å². The fourth-order valence-electron chi connectivity index (χ4n) is 2.10. The summed E-state index contributed by atoms with van der Waals surface area (Å²) in [6.07, 6.45) is -1.06. The summed E-state index contributed by atoms with van der Waals surface area (Å²) in [6.45, 7) is 0.714. The summed E-state index contributed by atoms with van der Waals surface area (Å²) in [5.41, 5.74) is 0.522. The Labute approximate surface area is 171 Å². The molecule has 2 aromatic rings. The molecule has 0 spiro atoms. The molecular formula is C19H21N3O6S. The van der Waals surface area contributed by atoms with Crippen LogP contribution in [0.5, 0.6) is 5.75 Å². The van der Waals surface area contributed by atoms with Gasteiger partial charge in [0.25, 0.3) is 11.8 Å². The van der Waals surface area contributed by atoms with Crippen molar-refractivity contribution in [3.05, 3.63) is 46.7 Å². The number of hydrogen-bond acceptors (Lipinski definition) is 7. The molecule has 0 radical (unpaired) electrons. The van der Waals surface area contributed by atoms with Crippen LogP contribution in [0.25, 0.3) is 0 Å². The third kappa shape index (κ3) is 7.26. The maximum Gasteiger partial charge on any atom is 0.326 e. The number of anilines is 1. The number of methoxy groups -OCH3 is 1. The second-order valence-electron chi connectivity index (χ2n) is 5.79. The molecule has 2 rings (SSSR count). The lowest BCUT2D eigenvalue weighted by molar-refractivity contribution is -0.152. The molecule has 0 saturated heterocycles. The second kappa shape index (κ2) is 10.8. The molecule has 154 valence electrons. The molecule has 1 aromatic heterocycles. The van der Waals surface area contributed by atoms with Crippen LogP contribution in [0.1, 0.15) is 16.6 Å². The number of amides is 3. The molecule has 0 fully saturated rings. The lowest BCUT2D eigenvalue weighted by Crippen LogP contribution is -2.40. The first-order valence-corrected chi connectivity index (χ1v) is 9.50. The zero-order valence-corrected chi connectivity index (χ0v) is 16.7. The predicted molar refractivity (Wildman–Crippen MR) is 107 cm³/mol. The number of esters is 1. The number of carbonyl (C=O) groups excluding carboxylic acids is 4. The molecule has 1 aromatic carbocycles. The molecule has 29 heavy (non-hydrogen) atoms. The monoisotopic (exact) mass is 419 g/mol. The lowest BCUT2D eigenvalue weighted by Gasteiger charge is -2.14. The molecular weight excluding hydrogens is 398 g/mol. The lowest BCUT2D eigenvalue weighted by atomic mass is 10.3. The highest BCUT2D eigenvalue weighted by molar-refractivity contribution is 7.12. The van der Waals surface area contributed by atoms with Crippen molar-refractivity contribution in [1.29, 1.82) is 0 Å². The van der Waals surface area contributed by atoms with Gasteiger partial charge in [-0.15, -0.1) is 11.3 Å². The first-order chi connectivity index (χ1) is 13.9. The van der Waals surface area contributed by atoms with Crippen LogP contribution in [0.15, 0.2) is 41.8 Å². The van der Waals surface area contributed by atoms with Gasteiger partial charge < -0.3 is 25.4 Å². The van der Waals surface area contributed by atoms with E-state index in [2.05, 4.69) is 16.0 Å². The number of nitrogens with one attached hydrogen (secondary N) is 3. The third-order valence-electron chi connectivity index (χ3n) is 3.62. The molecule has 3 N–H and O–H groups in total. The highest BCUT2D eigenvalue weighted by atomic mass is 32.1. The fraction of sp³-hybridized carbons (Fsp3) is 0.263. The number of thiophene rings is 1. The van der Waals surface area contributed by atoms with Crippen LogP contribution in [0.3, 0.4) is 0 Å². The standard InChI is InChI=1S/C19H21N3O6S/c1-12(18(25)22-13-5-7-14(27-2)8-6-13)28-17(24)11-20-16(23)10-21-19(26)15-4-3-9-29-15/h3-9,12H,10-11H2,1-2H3,(H,20,23)(H,21,26)(H,22,25)/t12-/m1/s1. The highest BCUT2D eigenvalue weighted by Crippen LogP contribution is 2.15. The predicted octanol–water partition coefficient (Wildman–Crippen LogP) is 1.17. The van der Waals surface area contributed by atoms with Gasteiger partial charge in [0.15, 0.2) is 6.10 Å². The minimum atomic E-state index is -1.06. The Bertz CT molecular complexity index is 851. The summed E-state index contributed by atoms with van der Waals surface area (Å²) in [5.74, 6) is -1.58. The Morgan fingerprint density at radius 3 is 2.38 bits per heavy atom. The van der Waals surface area contributed by atoms with Crippen molar-refractivity contribution in [2.45, 2.75) is 13.0 Å². The average molecular weight is 419 g/mol. The fourth-order valence-corrected chi connectivity index (χ4v) is 2.74. The number of benzene rings is 1.